The molecule has 0 N–H and O–H groups in total. The Morgan fingerprint density at radius 2 is 1.61 bits per heavy atom. The van der Waals surface area contributed by atoms with E-state index < -0.39 is 0 Å². The van der Waals surface area contributed by atoms with Gasteiger partial charge in [0.1, 0.15) is 0 Å². The van der Waals surface area contributed by atoms with E-state index in [0.717, 1.165) is 31.2 Å². The third kappa shape index (κ3) is 3.43. The minimum atomic E-state index is 0.151. The van der Waals surface area contributed by atoms with Gasteiger partial charge in [-0.3, -0.25) is 9.69 Å². The molecule has 2 aliphatic rings. The van der Waals surface area contributed by atoms with Crippen LogP contribution in [0.3, 0.4) is 0 Å². The number of carbonyl (C=O) groups is 1. The van der Waals surface area contributed by atoms with E-state index in [1.54, 1.807) is 0 Å². The molecule has 0 radical (unpaired) electrons. The lowest BCUT2D eigenvalue weighted by Crippen LogP contribution is -2.51. The van der Waals surface area contributed by atoms with Gasteiger partial charge < -0.3 is 4.90 Å². The van der Waals surface area contributed by atoms with E-state index in [1.807, 2.05) is 6.07 Å². The van der Waals surface area contributed by atoms with Crippen molar-refractivity contribution in [3.63, 3.8) is 0 Å². The average molecular weight is 370 g/mol. The largest absolute Gasteiger partial charge is 0.333 e. The molecule has 1 atom stereocenters. The molecule has 0 bridgehead atoms. The first-order chi connectivity index (χ1) is 13.8. The van der Waals surface area contributed by atoms with Crippen molar-refractivity contribution in [1.29, 1.82) is 0 Å². The maximum absolute atomic E-state index is 13.4. The highest BCUT2D eigenvalue weighted by molar-refractivity contribution is 5.90. The van der Waals surface area contributed by atoms with Crippen LogP contribution in [0.5, 0.6) is 0 Å². The lowest BCUT2D eigenvalue weighted by Gasteiger charge is -2.42. The van der Waals surface area contributed by atoms with Crippen LogP contribution in [-0.4, -0.2) is 41.4 Å². The van der Waals surface area contributed by atoms with Gasteiger partial charge in [0.2, 0.25) is 5.91 Å². The number of carbonyl (C=O) groups excluding carboxylic acids is 1. The molecular formula is C25H26N2O. The van der Waals surface area contributed by atoms with Crippen LogP contribution in [0.2, 0.25) is 0 Å². The molecule has 5 rings (SSSR count). The SMILES string of the molecule is O=C(Cc1cccc2ccccc12)N1CCN(C2CC2)CC1c1ccccc1. The van der Waals surface area contributed by atoms with E-state index in [-0.39, 0.29) is 11.9 Å². The van der Waals surface area contributed by atoms with Crippen molar-refractivity contribution in [3.8, 4) is 0 Å². The van der Waals surface area contributed by atoms with E-state index in [9.17, 15) is 4.79 Å². The first-order valence-electron chi connectivity index (χ1n) is 10.3. The number of hydrogen-bond donors (Lipinski definition) is 0. The predicted molar refractivity (Wildman–Crippen MR) is 113 cm³/mol. The summed E-state index contributed by atoms with van der Waals surface area (Å²) in [7, 11) is 0. The van der Waals surface area contributed by atoms with Gasteiger partial charge in [-0.15, -0.1) is 0 Å². The van der Waals surface area contributed by atoms with Gasteiger partial charge in [0.25, 0.3) is 0 Å². The molecule has 3 heteroatoms. The quantitative estimate of drug-likeness (QED) is 0.678. The summed E-state index contributed by atoms with van der Waals surface area (Å²) in [4.78, 5) is 18.1. The molecule has 3 aromatic carbocycles. The zero-order chi connectivity index (χ0) is 18.9. The minimum Gasteiger partial charge on any atom is -0.333 e. The Kier molecular flexibility index (Phi) is 4.61. The van der Waals surface area contributed by atoms with Gasteiger partial charge in [-0.2, -0.15) is 0 Å². The first kappa shape index (κ1) is 17.4. The zero-order valence-electron chi connectivity index (χ0n) is 16.1. The summed E-state index contributed by atoms with van der Waals surface area (Å²) in [5.41, 5.74) is 2.37. The van der Waals surface area contributed by atoms with Crippen molar-refractivity contribution in [2.24, 2.45) is 0 Å². The summed E-state index contributed by atoms with van der Waals surface area (Å²) in [5, 5.41) is 2.39. The number of amides is 1. The highest BCUT2D eigenvalue weighted by Crippen LogP contribution is 2.34. The van der Waals surface area contributed by atoms with Crippen LogP contribution in [0, 0.1) is 0 Å². The molecule has 0 spiro atoms. The molecule has 142 valence electrons. The summed E-state index contributed by atoms with van der Waals surface area (Å²) < 4.78 is 0. The van der Waals surface area contributed by atoms with E-state index in [1.165, 1.54) is 29.2 Å². The summed E-state index contributed by atoms with van der Waals surface area (Å²) in [6.07, 6.45) is 3.09. The maximum atomic E-state index is 13.4. The van der Waals surface area contributed by atoms with Crippen molar-refractivity contribution >= 4 is 16.7 Å². The van der Waals surface area contributed by atoms with E-state index >= 15 is 0 Å². The van der Waals surface area contributed by atoms with Crippen molar-refractivity contribution < 1.29 is 4.79 Å². The summed E-state index contributed by atoms with van der Waals surface area (Å²) in [6.45, 7) is 2.77. The van der Waals surface area contributed by atoms with Gasteiger partial charge in [-0.25, -0.2) is 0 Å². The van der Waals surface area contributed by atoms with E-state index in [2.05, 4.69) is 76.5 Å². The zero-order valence-corrected chi connectivity index (χ0v) is 16.1. The number of benzene rings is 3. The lowest BCUT2D eigenvalue weighted by atomic mass is 9.98. The summed E-state index contributed by atoms with van der Waals surface area (Å²) in [6, 6.07) is 26.0. The van der Waals surface area contributed by atoms with Crippen LogP contribution in [-0.2, 0) is 11.2 Å². The van der Waals surface area contributed by atoms with Crippen LogP contribution in [0.1, 0.15) is 30.0 Å². The topological polar surface area (TPSA) is 23.6 Å². The molecule has 3 nitrogen and oxygen atoms in total. The molecule has 1 saturated carbocycles. The summed E-state index contributed by atoms with van der Waals surface area (Å²) >= 11 is 0. The van der Waals surface area contributed by atoms with Crippen LogP contribution < -0.4 is 0 Å². The second-order valence-corrected chi connectivity index (χ2v) is 8.05. The van der Waals surface area contributed by atoms with Crippen molar-refractivity contribution in [1.82, 2.24) is 9.80 Å². The molecule has 1 amide bonds. The summed E-state index contributed by atoms with van der Waals surface area (Å²) in [5.74, 6) is 0.237. The molecule has 1 unspecified atom stereocenters. The Hall–Kier alpha value is -2.65. The normalized spacial score (nSPS) is 20.4. The number of rotatable bonds is 4. The van der Waals surface area contributed by atoms with Crippen LogP contribution >= 0.6 is 0 Å². The Labute approximate surface area is 166 Å². The highest BCUT2D eigenvalue weighted by Gasteiger charge is 2.37. The second-order valence-electron chi connectivity index (χ2n) is 8.05. The maximum Gasteiger partial charge on any atom is 0.227 e. The fourth-order valence-corrected chi connectivity index (χ4v) is 4.55. The van der Waals surface area contributed by atoms with Gasteiger partial charge in [-0.05, 0) is 34.7 Å². The fraction of sp³-hybridized carbons (Fsp3) is 0.320. The lowest BCUT2D eigenvalue weighted by molar-refractivity contribution is -0.135. The fourth-order valence-electron chi connectivity index (χ4n) is 4.55. The Bertz CT molecular complexity index is 975. The molecule has 1 aliphatic carbocycles. The minimum absolute atomic E-state index is 0.151. The van der Waals surface area contributed by atoms with Crippen molar-refractivity contribution in [3.05, 3.63) is 83.9 Å². The predicted octanol–water partition coefficient (Wildman–Crippen LogP) is 4.43. The standard InChI is InChI=1S/C25H26N2O/c28-25(17-21-11-6-10-19-7-4-5-12-23(19)21)27-16-15-26(22-13-14-22)18-24(27)20-8-2-1-3-9-20/h1-12,22,24H,13-18H2. The van der Waals surface area contributed by atoms with Gasteiger partial charge in [0, 0.05) is 25.7 Å². The molecular weight excluding hydrogens is 344 g/mol. The van der Waals surface area contributed by atoms with Gasteiger partial charge >= 0.3 is 0 Å². The van der Waals surface area contributed by atoms with Gasteiger partial charge in [0.05, 0.1) is 12.5 Å². The Morgan fingerprint density at radius 1 is 0.857 bits per heavy atom. The number of fused-ring (bicyclic) bond motifs is 1. The highest BCUT2D eigenvalue weighted by atomic mass is 16.2. The molecule has 0 aromatic heterocycles. The van der Waals surface area contributed by atoms with E-state index in [4.69, 9.17) is 0 Å². The van der Waals surface area contributed by atoms with Crippen molar-refractivity contribution in [2.75, 3.05) is 19.6 Å². The third-order valence-corrected chi connectivity index (χ3v) is 6.20. The van der Waals surface area contributed by atoms with Gasteiger partial charge in [0.15, 0.2) is 0 Å². The van der Waals surface area contributed by atoms with Gasteiger partial charge in [-0.1, -0.05) is 72.8 Å². The number of nitrogens with zero attached hydrogens (tertiary/aromatic N) is 2. The number of hydrogen-bond acceptors (Lipinski definition) is 2. The molecule has 2 fully saturated rings. The second kappa shape index (κ2) is 7.40. The van der Waals surface area contributed by atoms with Crippen molar-refractivity contribution in [2.45, 2.75) is 31.3 Å². The molecule has 3 aromatic rings. The van der Waals surface area contributed by atoms with Crippen LogP contribution in [0.25, 0.3) is 10.8 Å². The van der Waals surface area contributed by atoms with Crippen LogP contribution in [0.15, 0.2) is 72.8 Å². The third-order valence-electron chi connectivity index (χ3n) is 6.20. The molecule has 28 heavy (non-hydrogen) atoms. The van der Waals surface area contributed by atoms with Crippen LogP contribution in [0.4, 0.5) is 0 Å². The Morgan fingerprint density at radius 3 is 2.43 bits per heavy atom. The average Bonchev–Trinajstić information content (AvgIpc) is 3.60. The Balaban J connectivity index is 1.41. The molecule has 1 heterocycles. The first-order valence-corrected chi connectivity index (χ1v) is 10.3. The monoisotopic (exact) mass is 370 g/mol. The molecule has 1 aliphatic heterocycles. The molecule has 1 saturated heterocycles. The number of piperazine rings is 1. The van der Waals surface area contributed by atoms with E-state index in [0.29, 0.717) is 6.42 Å². The smallest absolute Gasteiger partial charge is 0.227 e.